The molecule has 7 heteroatoms. The summed E-state index contributed by atoms with van der Waals surface area (Å²) in [7, 11) is 1.64. The normalized spacial score (nSPS) is 16.5. The molecule has 2 aromatic rings. The third-order valence-corrected chi connectivity index (χ3v) is 4.12. The maximum Gasteiger partial charge on any atom is 0.273 e. The van der Waals surface area contributed by atoms with E-state index in [0.29, 0.717) is 25.4 Å². The summed E-state index contributed by atoms with van der Waals surface area (Å²) in [5.74, 6) is 0.623. The zero-order valence-corrected chi connectivity index (χ0v) is 14.0. The van der Waals surface area contributed by atoms with Crippen LogP contribution in [-0.4, -0.2) is 34.6 Å². The van der Waals surface area contributed by atoms with E-state index in [1.165, 1.54) is 0 Å². The molecule has 1 aromatic carbocycles. The Morgan fingerprint density at radius 2 is 2.21 bits per heavy atom. The van der Waals surface area contributed by atoms with E-state index in [-0.39, 0.29) is 12.0 Å². The highest BCUT2D eigenvalue weighted by atomic mass is 16.5. The molecule has 0 unspecified atom stereocenters. The summed E-state index contributed by atoms with van der Waals surface area (Å²) in [6.07, 6.45) is 1.87. The number of fused-ring (bicyclic) bond motifs is 1. The molecule has 128 valence electrons. The van der Waals surface area contributed by atoms with Crippen molar-refractivity contribution in [1.82, 2.24) is 20.3 Å². The molecule has 7 nitrogen and oxygen atoms in total. The van der Waals surface area contributed by atoms with E-state index in [4.69, 9.17) is 9.47 Å². The van der Waals surface area contributed by atoms with Crippen LogP contribution in [0.5, 0.6) is 5.75 Å². The van der Waals surface area contributed by atoms with Crippen LogP contribution in [0.3, 0.4) is 0 Å². The second-order valence-corrected chi connectivity index (χ2v) is 5.75. The molecular formula is C17H22N4O3. The Hall–Kier alpha value is -2.41. The van der Waals surface area contributed by atoms with Crippen LogP contribution in [0, 0.1) is 0 Å². The Bertz CT molecular complexity index is 696. The van der Waals surface area contributed by atoms with Crippen molar-refractivity contribution in [2.45, 2.75) is 39.0 Å². The third kappa shape index (κ3) is 3.41. The van der Waals surface area contributed by atoms with Gasteiger partial charge in [0.1, 0.15) is 11.9 Å². The summed E-state index contributed by atoms with van der Waals surface area (Å²) >= 11 is 0. The van der Waals surface area contributed by atoms with Gasteiger partial charge in [0.2, 0.25) is 0 Å². The van der Waals surface area contributed by atoms with E-state index in [9.17, 15) is 4.79 Å². The van der Waals surface area contributed by atoms with E-state index >= 15 is 0 Å². The summed E-state index contributed by atoms with van der Waals surface area (Å²) in [6.45, 7) is 3.59. The molecule has 1 aliphatic rings. The van der Waals surface area contributed by atoms with Crippen LogP contribution in [-0.2, 0) is 17.9 Å². The molecule has 2 heterocycles. The molecule has 1 aliphatic heterocycles. The van der Waals surface area contributed by atoms with Crippen molar-refractivity contribution in [3.05, 3.63) is 41.2 Å². The summed E-state index contributed by atoms with van der Waals surface area (Å²) in [5.41, 5.74) is 2.14. The standard InChI is InChI=1S/C17H22N4O3/c1-3-4-9-18-17(22)16-14-11-24-15(10-21(14)20-19-16)12-5-7-13(23-2)8-6-12/h5-8,15H,3-4,9-11H2,1-2H3,(H,18,22)/t15-/m1/s1. The Kier molecular flexibility index (Phi) is 5.10. The lowest BCUT2D eigenvalue weighted by Gasteiger charge is -2.24. The van der Waals surface area contributed by atoms with Gasteiger partial charge in [-0.1, -0.05) is 30.7 Å². The first kappa shape index (κ1) is 16.4. The molecule has 0 radical (unpaired) electrons. The number of carbonyl (C=O) groups excluding carboxylic acids is 1. The van der Waals surface area contributed by atoms with Gasteiger partial charge < -0.3 is 14.8 Å². The van der Waals surface area contributed by atoms with Crippen molar-refractivity contribution >= 4 is 5.91 Å². The summed E-state index contributed by atoms with van der Waals surface area (Å²) in [6, 6.07) is 7.76. The predicted octanol–water partition coefficient (Wildman–Crippen LogP) is 2.09. The van der Waals surface area contributed by atoms with Crippen molar-refractivity contribution in [1.29, 1.82) is 0 Å². The topological polar surface area (TPSA) is 78.3 Å². The molecule has 0 saturated carbocycles. The van der Waals surface area contributed by atoms with Crippen LogP contribution in [0.4, 0.5) is 0 Å². The maximum atomic E-state index is 12.2. The Morgan fingerprint density at radius 1 is 1.42 bits per heavy atom. The highest BCUT2D eigenvalue weighted by Crippen LogP contribution is 2.28. The number of nitrogens with one attached hydrogen (secondary N) is 1. The van der Waals surface area contributed by atoms with E-state index in [2.05, 4.69) is 22.6 Å². The van der Waals surface area contributed by atoms with Gasteiger partial charge >= 0.3 is 0 Å². The number of hydrogen-bond donors (Lipinski definition) is 1. The zero-order valence-electron chi connectivity index (χ0n) is 14.0. The summed E-state index contributed by atoms with van der Waals surface area (Å²) in [5, 5.41) is 11.0. The first-order chi connectivity index (χ1) is 11.7. The van der Waals surface area contributed by atoms with E-state index in [1.807, 2.05) is 24.3 Å². The van der Waals surface area contributed by atoms with Gasteiger partial charge in [-0.15, -0.1) is 5.10 Å². The maximum absolute atomic E-state index is 12.2. The number of unbranched alkanes of at least 4 members (excludes halogenated alkanes) is 1. The van der Waals surface area contributed by atoms with Crippen LogP contribution in [0.1, 0.15) is 47.6 Å². The Morgan fingerprint density at radius 3 is 2.92 bits per heavy atom. The van der Waals surface area contributed by atoms with Crippen LogP contribution >= 0.6 is 0 Å². The number of methoxy groups -OCH3 is 1. The Labute approximate surface area is 141 Å². The lowest BCUT2D eigenvalue weighted by molar-refractivity contribution is -0.00179. The molecule has 24 heavy (non-hydrogen) atoms. The summed E-state index contributed by atoms with van der Waals surface area (Å²) < 4.78 is 12.8. The fourth-order valence-electron chi connectivity index (χ4n) is 2.67. The quantitative estimate of drug-likeness (QED) is 0.821. The van der Waals surface area contributed by atoms with Crippen molar-refractivity contribution in [2.75, 3.05) is 13.7 Å². The lowest BCUT2D eigenvalue weighted by atomic mass is 10.1. The average molecular weight is 330 g/mol. The first-order valence-corrected chi connectivity index (χ1v) is 8.19. The van der Waals surface area contributed by atoms with Crippen LogP contribution in [0.25, 0.3) is 0 Å². The van der Waals surface area contributed by atoms with E-state index < -0.39 is 0 Å². The predicted molar refractivity (Wildman–Crippen MR) is 87.8 cm³/mol. The van der Waals surface area contributed by atoms with Crippen molar-refractivity contribution in [3.63, 3.8) is 0 Å². The van der Waals surface area contributed by atoms with Crippen molar-refractivity contribution in [3.8, 4) is 5.75 Å². The van der Waals surface area contributed by atoms with Gasteiger partial charge in [-0.05, 0) is 24.1 Å². The van der Waals surface area contributed by atoms with E-state index in [1.54, 1.807) is 11.8 Å². The van der Waals surface area contributed by atoms with Gasteiger partial charge in [0.15, 0.2) is 5.69 Å². The van der Waals surface area contributed by atoms with Crippen LogP contribution in [0.15, 0.2) is 24.3 Å². The number of amides is 1. The Balaban J connectivity index is 1.69. The van der Waals surface area contributed by atoms with Gasteiger partial charge in [0, 0.05) is 6.54 Å². The number of nitrogens with zero attached hydrogens (tertiary/aromatic N) is 3. The molecule has 0 saturated heterocycles. The van der Waals surface area contributed by atoms with E-state index in [0.717, 1.165) is 29.8 Å². The molecule has 0 spiro atoms. The molecular weight excluding hydrogens is 308 g/mol. The minimum absolute atomic E-state index is 0.110. The molecule has 0 fully saturated rings. The number of hydrogen-bond acceptors (Lipinski definition) is 5. The van der Waals surface area contributed by atoms with Crippen LogP contribution in [0.2, 0.25) is 0 Å². The number of aromatic nitrogens is 3. The molecule has 0 bridgehead atoms. The molecule has 1 atom stereocenters. The molecule has 0 aliphatic carbocycles. The molecule has 1 aromatic heterocycles. The fraction of sp³-hybridized carbons (Fsp3) is 0.471. The minimum atomic E-state index is -0.184. The van der Waals surface area contributed by atoms with Gasteiger partial charge in [-0.3, -0.25) is 4.79 Å². The highest BCUT2D eigenvalue weighted by molar-refractivity contribution is 5.93. The number of carbonyl (C=O) groups is 1. The molecule has 3 rings (SSSR count). The second kappa shape index (κ2) is 7.44. The monoisotopic (exact) mass is 330 g/mol. The van der Waals surface area contributed by atoms with Crippen molar-refractivity contribution < 1.29 is 14.3 Å². The van der Waals surface area contributed by atoms with Gasteiger partial charge in [0.05, 0.1) is 26.0 Å². The largest absolute Gasteiger partial charge is 0.497 e. The fourth-order valence-corrected chi connectivity index (χ4v) is 2.67. The first-order valence-electron chi connectivity index (χ1n) is 8.19. The number of benzene rings is 1. The highest BCUT2D eigenvalue weighted by Gasteiger charge is 2.27. The molecule has 1 amide bonds. The summed E-state index contributed by atoms with van der Waals surface area (Å²) in [4.78, 5) is 12.2. The van der Waals surface area contributed by atoms with Gasteiger partial charge in [-0.2, -0.15) is 0 Å². The number of rotatable bonds is 6. The SMILES string of the molecule is CCCCNC(=O)c1nnn2c1CO[C@@H](c1ccc(OC)cc1)C2. The third-order valence-electron chi connectivity index (χ3n) is 4.12. The average Bonchev–Trinajstić information content (AvgIpc) is 3.05. The van der Waals surface area contributed by atoms with Gasteiger partial charge in [0.25, 0.3) is 5.91 Å². The second-order valence-electron chi connectivity index (χ2n) is 5.75. The lowest BCUT2D eigenvalue weighted by Crippen LogP contribution is -2.28. The number of ether oxygens (including phenoxy) is 2. The minimum Gasteiger partial charge on any atom is -0.497 e. The van der Waals surface area contributed by atoms with Crippen molar-refractivity contribution in [2.24, 2.45) is 0 Å². The van der Waals surface area contributed by atoms with Gasteiger partial charge in [-0.25, -0.2) is 4.68 Å². The smallest absolute Gasteiger partial charge is 0.273 e. The molecule has 1 N–H and O–H groups in total. The zero-order chi connectivity index (χ0) is 16.9. The van der Waals surface area contributed by atoms with Crippen LogP contribution < -0.4 is 10.1 Å².